The molecule has 8 nitrogen and oxygen atoms in total. The number of rotatable bonds is 4. The Morgan fingerprint density at radius 2 is 2.22 bits per heavy atom. The van der Waals surface area contributed by atoms with E-state index in [1.807, 2.05) is 13.8 Å². The van der Waals surface area contributed by atoms with Gasteiger partial charge in [0.15, 0.2) is 5.82 Å². The maximum Gasteiger partial charge on any atom is 0.325 e. The molecule has 2 saturated heterocycles. The van der Waals surface area contributed by atoms with Crippen LogP contribution in [0.25, 0.3) is 0 Å². The van der Waals surface area contributed by atoms with E-state index in [0.29, 0.717) is 24.8 Å². The van der Waals surface area contributed by atoms with Crippen LogP contribution in [0.5, 0.6) is 0 Å². The summed E-state index contributed by atoms with van der Waals surface area (Å²) in [4.78, 5) is 32.3. The lowest BCUT2D eigenvalue weighted by atomic mass is 9.80. The molecular weight excluding hydrogens is 298 g/mol. The van der Waals surface area contributed by atoms with E-state index in [9.17, 15) is 9.59 Å². The molecule has 1 N–H and O–H groups in total. The monoisotopic (exact) mass is 321 g/mol. The number of nitrogens with one attached hydrogen (secondary N) is 1. The molecule has 1 aromatic rings. The van der Waals surface area contributed by atoms with Gasteiger partial charge < -0.3 is 9.84 Å². The average Bonchev–Trinajstić information content (AvgIpc) is 3.02. The fraction of sp³-hybridized carbons (Fsp3) is 0.733. The maximum absolute atomic E-state index is 12.6. The summed E-state index contributed by atoms with van der Waals surface area (Å²) in [5, 5.41) is 6.70. The molecule has 0 unspecified atom stereocenters. The van der Waals surface area contributed by atoms with E-state index in [0.717, 1.165) is 25.9 Å². The summed E-state index contributed by atoms with van der Waals surface area (Å²) in [6.45, 7) is 8.07. The van der Waals surface area contributed by atoms with Crippen molar-refractivity contribution in [2.75, 3.05) is 19.6 Å². The van der Waals surface area contributed by atoms with Crippen LogP contribution in [-0.4, -0.2) is 57.1 Å². The van der Waals surface area contributed by atoms with Gasteiger partial charge in [0.2, 0.25) is 5.89 Å². The molecule has 0 saturated carbocycles. The van der Waals surface area contributed by atoms with E-state index >= 15 is 0 Å². The average molecular weight is 321 g/mol. The van der Waals surface area contributed by atoms with Crippen LogP contribution in [0.15, 0.2) is 4.52 Å². The quantitative estimate of drug-likeness (QED) is 0.829. The van der Waals surface area contributed by atoms with Gasteiger partial charge in [0, 0.05) is 19.0 Å². The summed E-state index contributed by atoms with van der Waals surface area (Å²) in [6, 6.07) is -0.287. The number of carbonyl (C=O) groups excluding carboxylic acids is 2. The molecule has 23 heavy (non-hydrogen) atoms. The number of hydrogen-bond donors (Lipinski definition) is 1. The van der Waals surface area contributed by atoms with Crippen LogP contribution in [0, 0.1) is 12.8 Å². The molecule has 8 heteroatoms. The number of carbonyl (C=O) groups is 2. The first kappa shape index (κ1) is 15.9. The second-order valence-electron chi connectivity index (χ2n) is 6.49. The molecule has 2 atom stereocenters. The molecule has 0 radical (unpaired) electrons. The van der Waals surface area contributed by atoms with Crippen molar-refractivity contribution in [3.8, 4) is 0 Å². The summed E-state index contributed by atoms with van der Waals surface area (Å²) < 4.78 is 5.18. The molecule has 3 amide bonds. The molecule has 0 bridgehead atoms. The van der Waals surface area contributed by atoms with Crippen molar-refractivity contribution in [2.45, 2.75) is 45.7 Å². The first-order valence-electron chi connectivity index (χ1n) is 8.09. The van der Waals surface area contributed by atoms with E-state index in [1.54, 1.807) is 6.92 Å². The van der Waals surface area contributed by atoms with Crippen LogP contribution >= 0.6 is 0 Å². The first-order valence-corrected chi connectivity index (χ1v) is 8.09. The molecule has 1 aromatic heterocycles. The lowest BCUT2D eigenvalue weighted by Crippen LogP contribution is -2.55. The van der Waals surface area contributed by atoms with Gasteiger partial charge in [-0.25, -0.2) is 4.79 Å². The maximum atomic E-state index is 12.6. The van der Waals surface area contributed by atoms with E-state index < -0.39 is 5.54 Å². The van der Waals surface area contributed by atoms with Gasteiger partial charge in [-0.1, -0.05) is 5.16 Å². The van der Waals surface area contributed by atoms with Crippen LogP contribution in [0.1, 0.15) is 38.4 Å². The Kier molecular flexibility index (Phi) is 4.09. The van der Waals surface area contributed by atoms with E-state index in [2.05, 4.69) is 20.4 Å². The number of aromatic nitrogens is 2. The highest BCUT2D eigenvalue weighted by atomic mass is 16.5. The standard InChI is InChI=1S/C15H23N5O3/c1-4-20-13(21)15(3,17-14(20)22)11-6-5-7-19(8-11)9-12-16-10(2)18-23-12/h11H,4-9H2,1-3H3,(H,17,22)/t11-,15+/m0/s1. The van der Waals surface area contributed by atoms with Crippen molar-refractivity contribution in [1.82, 2.24) is 25.3 Å². The molecule has 2 aliphatic heterocycles. The van der Waals surface area contributed by atoms with Gasteiger partial charge in [-0.05, 0) is 40.2 Å². The Bertz CT molecular complexity index is 616. The van der Waals surface area contributed by atoms with Crippen LogP contribution in [-0.2, 0) is 11.3 Å². The molecule has 2 fully saturated rings. The van der Waals surface area contributed by atoms with Gasteiger partial charge in [0.1, 0.15) is 5.54 Å². The van der Waals surface area contributed by atoms with Crippen molar-refractivity contribution in [3.05, 3.63) is 11.7 Å². The molecule has 126 valence electrons. The molecule has 0 spiro atoms. The number of likely N-dealkylation sites (N-methyl/N-ethyl adjacent to an activating group) is 1. The number of imide groups is 1. The lowest BCUT2D eigenvalue weighted by Gasteiger charge is -2.39. The largest absolute Gasteiger partial charge is 0.338 e. The van der Waals surface area contributed by atoms with Gasteiger partial charge in [0.25, 0.3) is 5.91 Å². The van der Waals surface area contributed by atoms with Crippen LogP contribution < -0.4 is 5.32 Å². The summed E-state index contributed by atoms with van der Waals surface area (Å²) in [5.41, 5.74) is -0.823. The fourth-order valence-corrected chi connectivity index (χ4v) is 3.55. The number of piperidine rings is 1. The van der Waals surface area contributed by atoms with Crippen molar-refractivity contribution >= 4 is 11.9 Å². The molecule has 0 aliphatic carbocycles. The van der Waals surface area contributed by atoms with Crippen LogP contribution in [0.4, 0.5) is 4.79 Å². The van der Waals surface area contributed by atoms with E-state index in [4.69, 9.17) is 4.52 Å². The Balaban J connectivity index is 1.71. The van der Waals surface area contributed by atoms with Gasteiger partial charge in [-0.15, -0.1) is 0 Å². The second kappa shape index (κ2) is 5.92. The zero-order chi connectivity index (χ0) is 16.6. The molecule has 3 heterocycles. The predicted molar refractivity (Wildman–Crippen MR) is 81.4 cm³/mol. The third-order valence-electron chi connectivity index (χ3n) is 4.87. The highest BCUT2D eigenvalue weighted by molar-refractivity contribution is 6.07. The van der Waals surface area contributed by atoms with Crippen molar-refractivity contribution in [1.29, 1.82) is 0 Å². The highest BCUT2D eigenvalue weighted by Crippen LogP contribution is 2.32. The highest BCUT2D eigenvalue weighted by Gasteiger charge is 2.52. The first-order chi connectivity index (χ1) is 10.9. The Morgan fingerprint density at radius 1 is 1.43 bits per heavy atom. The topological polar surface area (TPSA) is 91.6 Å². The molecule has 0 aromatic carbocycles. The Labute approximate surface area is 135 Å². The fourth-order valence-electron chi connectivity index (χ4n) is 3.55. The number of hydrogen-bond acceptors (Lipinski definition) is 6. The van der Waals surface area contributed by atoms with E-state index in [-0.39, 0.29) is 17.9 Å². The number of likely N-dealkylation sites (tertiary alicyclic amines) is 1. The lowest BCUT2D eigenvalue weighted by molar-refractivity contribution is -0.133. The normalized spacial score (nSPS) is 29.2. The zero-order valence-electron chi connectivity index (χ0n) is 13.8. The summed E-state index contributed by atoms with van der Waals surface area (Å²) >= 11 is 0. The van der Waals surface area contributed by atoms with Gasteiger partial charge in [0.05, 0.1) is 6.54 Å². The minimum absolute atomic E-state index is 0.0771. The number of urea groups is 1. The predicted octanol–water partition coefficient (Wildman–Crippen LogP) is 0.920. The summed E-state index contributed by atoms with van der Waals surface area (Å²) in [7, 11) is 0. The Hall–Kier alpha value is -1.96. The van der Waals surface area contributed by atoms with Crippen LogP contribution in [0.3, 0.4) is 0 Å². The molecule has 3 rings (SSSR count). The number of aryl methyl sites for hydroxylation is 1. The van der Waals surface area contributed by atoms with Crippen molar-refractivity contribution < 1.29 is 14.1 Å². The zero-order valence-corrected chi connectivity index (χ0v) is 13.8. The number of nitrogens with zero attached hydrogens (tertiary/aromatic N) is 4. The molecule has 2 aliphatic rings. The summed E-state index contributed by atoms with van der Waals surface area (Å²) in [6.07, 6.45) is 1.89. The SMILES string of the molecule is CCN1C(=O)N[C@](C)([C@H]2CCCN(Cc3nc(C)no3)C2)C1=O. The number of amides is 3. The smallest absolute Gasteiger partial charge is 0.325 e. The Morgan fingerprint density at radius 3 is 2.83 bits per heavy atom. The van der Waals surface area contributed by atoms with Gasteiger partial charge in [-0.2, -0.15) is 4.98 Å². The van der Waals surface area contributed by atoms with Crippen molar-refractivity contribution in [2.24, 2.45) is 5.92 Å². The minimum Gasteiger partial charge on any atom is -0.338 e. The van der Waals surface area contributed by atoms with Crippen molar-refractivity contribution in [3.63, 3.8) is 0 Å². The van der Waals surface area contributed by atoms with E-state index in [1.165, 1.54) is 4.90 Å². The van der Waals surface area contributed by atoms with Gasteiger partial charge >= 0.3 is 6.03 Å². The third kappa shape index (κ3) is 2.83. The minimum atomic E-state index is -0.823. The second-order valence-corrected chi connectivity index (χ2v) is 6.49. The summed E-state index contributed by atoms with van der Waals surface area (Å²) in [5.74, 6) is 1.17. The van der Waals surface area contributed by atoms with Gasteiger partial charge in [-0.3, -0.25) is 14.6 Å². The van der Waals surface area contributed by atoms with Crippen LogP contribution in [0.2, 0.25) is 0 Å². The third-order valence-corrected chi connectivity index (χ3v) is 4.87. The molecular formula is C15H23N5O3.